The van der Waals surface area contributed by atoms with Gasteiger partial charge in [0, 0.05) is 10.7 Å². The lowest BCUT2D eigenvalue weighted by atomic mass is 10.3. The van der Waals surface area contributed by atoms with Crippen LogP contribution in [-0.2, 0) is 4.79 Å². The third-order valence-corrected chi connectivity index (χ3v) is 3.84. The topological polar surface area (TPSA) is 87.7 Å². The van der Waals surface area contributed by atoms with E-state index in [2.05, 4.69) is 20.5 Å². The van der Waals surface area contributed by atoms with E-state index in [1.54, 1.807) is 38.1 Å². The number of benzene rings is 1. The van der Waals surface area contributed by atoms with Crippen molar-refractivity contribution >= 4 is 35.0 Å². The van der Waals surface area contributed by atoms with Gasteiger partial charge in [0.1, 0.15) is 5.69 Å². The molecule has 0 unspecified atom stereocenters. The highest BCUT2D eigenvalue weighted by Crippen LogP contribution is 2.20. The maximum Gasteiger partial charge on any atom is 0.273 e. The molecule has 1 amide bonds. The fourth-order valence-corrected chi connectivity index (χ4v) is 2.30. The van der Waals surface area contributed by atoms with Crippen LogP contribution >= 0.6 is 23.4 Å². The Hall–Kier alpha value is -1.86. The molecule has 0 saturated carbocycles. The number of carbonyl (C=O) groups is 1. The lowest BCUT2D eigenvalue weighted by molar-refractivity contribution is -0.115. The summed E-state index contributed by atoms with van der Waals surface area (Å²) in [5.41, 5.74) is 0.635. The number of nitrogens with zero attached hydrogens (tertiary/aromatic N) is 2. The van der Waals surface area contributed by atoms with E-state index in [0.717, 1.165) is 11.8 Å². The summed E-state index contributed by atoms with van der Waals surface area (Å²) < 4.78 is 0. The summed E-state index contributed by atoms with van der Waals surface area (Å²) in [6, 6.07) is 6.81. The molecule has 1 atom stereocenters. The minimum atomic E-state index is -0.437. The first-order valence-corrected chi connectivity index (χ1v) is 7.38. The maximum atomic E-state index is 12.0. The average Bonchev–Trinajstić information content (AvgIpc) is 2.45. The second-order valence-corrected chi connectivity index (χ2v) is 6.07. The van der Waals surface area contributed by atoms with Crippen LogP contribution in [0.2, 0.25) is 5.02 Å². The van der Waals surface area contributed by atoms with Gasteiger partial charge in [-0.3, -0.25) is 14.6 Å². The molecule has 8 heteroatoms. The summed E-state index contributed by atoms with van der Waals surface area (Å²) in [6.07, 6.45) is 0. The maximum absolute atomic E-state index is 12.0. The zero-order valence-electron chi connectivity index (χ0n) is 11.4. The number of halogens is 1. The average molecular weight is 325 g/mol. The van der Waals surface area contributed by atoms with Crippen LogP contribution < -0.4 is 10.9 Å². The number of anilines is 1. The van der Waals surface area contributed by atoms with Crippen molar-refractivity contribution in [3.05, 3.63) is 45.3 Å². The monoisotopic (exact) mass is 324 g/mol. The van der Waals surface area contributed by atoms with Crippen LogP contribution in [0.15, 0.2) is 34.2 Å². The van der Waals surface area contributed by atoms with Crippen LogP contribution in [0.1, 0.15) is 12.6 Å². The molecule has 0 aliphatic heterocycles. The second-order valence-electron chi connectivity index (χ2n) is 4.30. The normalized spacial score (nSPS) is 12.0. The lowest BCUT2D eigenvalue weighted by Crippen LogP contribution is -2.23. The Morgan fingerprint density at radius 1 is 1.33 bits per heavy atom. The van der Waals surface area contributed by atoms with Crippen molar-refractivity contribution in [2.75, 3.05) is 5.32 Å². The highest BCUT2D eigenvalue weighted by molar-refractivity contribution is 8.00. The molecule has 1 aromatic heterocycles. The molecule has 0 aliphatic rings. The van der Waals surface area contributed by atoms with Gasteiger partial charge in [-0.25, -0.2) is 0 Å². The number of rotatable bonds is 4. The molecule has 2 aromatic rings. The number of aromatic amines is 1. The van der Waals surface area contributed by atoms with Crippen LogP contribution in [0, 0.1) is 6.92 Å². The highest BCUT2D eigenvalue weighted by atomic mass is 35.5. The van der Waals surface area contributed by atoms with Gasteiger partial charge in [0.05, 0.1) is 5.25 Å². The van der Waals surface area contributed by atoms with Gasteiger partial charge >= 0.3 is 0 Å². The minimum absolute atomic E-state index is 0.203. The van der Waals surface area contributed by atoms with Crippen LogP contribution in [-0.4, -0.2) is 26.3 Å². The Bertz CT molecular complexity index is 702. The van der Waals surface area contributed by atoms with Gasteiger partial charge in [-0.1, -0.05) is 23.4 Å². The molecule has 2 N–H and O–H groups in total. The van der Waals surface area contributed by atoms with Gasteiger partial charge in [-0.05, 0) is 38.1 Å². The summed E-state index contributed by atoms with van der Waals surface area (Å²) in [5.74, 6) is -0.203. The van der Waals surface area contributed by atoms with Crippen molar-refractivity contribution < 1.29 is 4.79 Å². The van der Waals surface area contributed by atoms with E-state index < -0.39 is 5.25 Å². The van der Waals surface area contributed by atoms with Crippen molar-refractivity contribution in [2.24, 2.45) is 0 Å². The number of amides is 1. The van der Waals surface area contributed by atoms with E-state index in [0.29, 0.717) is 15.9 Å². The molecule has 0 fully saturated rings. The number of carbonyl (C=O) groups excluding carboxylic acids is 1. The van der Waals surface area contributed by atoms with Crippen LogP contribution in [0.3, 0.4) is 0 Å². The van der Waals surface area contributed by atoms with Gasteiger partial charge in [-0.15, -0.1) is 10.2 Å². The highest BCUT2D eigenvalue weighted by Gasteiger charge is 2.16. The van der Waals surface area contributed by atoms with Gasteiger partial charge in [0.25, 0.3) is 5.56 Å². The number of aryl methyl sites for hydroxylation is 1. The largest absolute Gasteiger partial charge is 0.325 e. The Morgan fingerprint density at radius 3 is 2.62 bits per heavy atom. The summed E-state index contributed by atoms with van der Waals surface area (Å²) in [6.45, 7) is 3.28. The number of hydrogen-bond acceptors (Lipinski definition) is 5. The van der Waals surface area contributed by atoms with Crippen LogP contribution in [0.25, 0.3) is 0 Å². The van der Waals surface area contributed by atoms with E-state index in [-0.39, 0.29) is 17.2 Å². The molecule has 6 nitrogen and oxygen atoms in total. The second kappa shape index (κ2) is 6.73. The predicted molar refractivity (Wildman–Crippen MR) is 82.8 cm³/mol. The molecular weight excluding hydrogens is 312 g/mol. The molecule has 1 heterocycles. The number of hydrogen-bond donors (Lipinski definition) is 2. The summed E-state index contributed by atoms with van der Waals surface area (Å²) in [7, 11) is 0. The lowest BCUT2D eigenvalue weighted by Gasteiger charge is -2.11. The summed E-state index contributed by atoms with van der Waals surface area (Å²) >= 11 is 6.91. The first-order valence-electron chi connectivity index (χ1n) is 6.12. The van der Waals surface area contributed by atoms with Crippen molar-refractivity contribution in [3.8, 4) is 0 Å². The third kappa shape index (κ3) is 4.30. The Morgan fingerprint density at radius 2 is 2.00 bits per heavy atom. The fourth-order valence-electron chi connectivity index (χ4n) is 1.43. The Balaban J connectivity index is 2.00. The number of thioether (sulfide) groups is 1. The van der Waals surface area contributed by atoms with E-state index in [1.807, 2.05) is 0 Å². The summed E-state index contributed by atoms with van der Waals surface area (Å²) in [4.78, 5) is 26.0. The van der Waals surface area contributed by atoms with E-state index in [9.17, 15) is 9.59 Å². The number of aromatic nitrogens is 3. The van der Waals surface area contributed by atoms with E-state index in [4.69, 9.17) is 11.6 Å². The number of H-pyrrole nitrogens is 1. The molecular formula is C13H13ClN4O2S. The molecule has 0 bridgehead atoms. The fraction of sp³-hybridized carbons (Fsp3) is 0.231. The molecule has 0 aliphatic carbocycles. The third-order valence-electron chi connectivity index (χ3n) is 2.61. The Labute approximate surface area is 130 Å². The van der Waals surface area contributed by atoms with Crippen LogP contribution in [0.4, 0.5) is 5.69 Å². The molecule has 2 rings (SSSR count). The van der Waals surface area contributed by atoms with Gasteiger partial charge in [0.2, 0.25) is 5.91 Å². The van der Waals surface area contributed by atoms with E-state index in [1.165, 1.54) is 0 Å². The molecule has 0 spiro atoms. The molecule has 0 saturated heterocycles. The number of nitrogens with one attached hydrogen (secondary N) is 2. The van der Waals surface area contributed by atoms with Gasteiger partial charge in [-0.2, -0.15) is 0 Å². The van der Waals surface area contributed by atoms with Crippen LogP contribution in [0.5, 0.6) is 0 Å². The van der Waals surface area contributed by atoms with Crippen molar-refractivity contribution in [1.82, 2.24) is 15.2 Å². The SMILES string of the molecule is Cc1nnc(S[C@@H](C)C(=O)Nc2ccc(Cl)cc2)[nH]c1=O. The van der Waals surface area contributed by atoms with E-state index >= 15 is 0 Å². The molecule has 0 radical (unpaired) electrons. The minimum Gasteiger partial charge on any atom is -0.325 e. The molecule has 21 heavy (non-hydrogen) atoms. The quantitative estimate of drug-likeness (QED) is 0.842. The summed E-state index contributed by atoms with van der Waals surface area (Å²) in [5, 5.41) is 10.8. The molecule has 110 valence electrons. The van der Waals surface area contributed by atoms with Crippen molar-refractivity contribution in [2.45, 2.75) is 24.3 Å². The van der Waals surface area contributed by atoms with Gasteiger partial charge in [0.15, 0.2) is 5.16 Å². The van der Waals surface area contributed by atoms with Crippen molar-refractivity contribution in [1.29, 1.82) is 0 Å². The smallest absolute Gasteiger partial charge is 0.273 e. The first-order chi connectivity index (χ1) is 9.95. The predicted octanol–water partition coefficient (Wildman–Crippen LogP) is 2.25. The zero-order valence-corrected chi connectivity index (χ0v) is 13.0. The standard InChI is InChI=1S/C13H13ClN4O2S/c1-7-11(19)16-13(18-17-7)21-8(2)12(20)15-10-5-3-9(14)4-6-10/h3-6,8H,1-2H3,(H,15,20)(H,16,18,19)/t8-/m0/s1. The zero-order chi connectivity index (χ0) is 15.4. The molecule has 1 aromatic carbocycles. The Kier molecular flexibility index (Phi) is 4.98. The van der Waals surface area contributed by atoms with Crippen molar-refractivity contribution in [3.63, 3.8) is 0 Å². The first kappa shape index (κ1) is 15.5. The van der Waals surface area contributed by atoms with Gasteiger partial charge < -0.3 is 5.32 Å².